The van der Waals surface area contributed by atoms with E-state index in [1.807, 2.05) is 11.8 Å². The van der Waals surface area contributed by atoms with Crippen LogP contribution in [0.1, 0.15) is 12.8 Å². The summed E-state index contributed by atoms with van der Waals surface area (Å²) in [6.45, 7) is 4.71. The molecule has 0 aromatic heterocycles. The van der Waals surface area contributed by atoms with Gasteiger partial charge in [-0.1, -0.05) is 18.2 Å². The van der Waals surface area contributed by atoms with Crippen molar-refractivity contribution in [3.05, 3.63) is 30.3 Å². The van der Waals surface area contributed by atoms with Crippen molar-refractivity contribution >= 4 is 11.8 Å². The van der Waals surface area contributed by atoms with Crippen molar-refractivity contribution in [2.45, 2.75) is 17.7 Å². The first-order valence-electron chi connectivity index (χ1n) is 6.54. The molecule has 3 heteroatoms. The van der Waals surface area contributed by atoms with E-state index in [0.717, 1.165) is 18.2 Å². The molecule has 0 bridgehead atoms. The number of hydrogen-bond donors (Lipinski definition) is 2. The average Bonchev–Trinajstić information content (AvgIpc) is 2.41. The normalized spacial score (nSPS) is 17.2. The third-order valence-corrected chi connectivity index (χ3v) is 4.20. The van der Waals surface area contributed by atoms with E-state index in [9.17, 15) is 0 Å². The van der Waals surface area contributed by atoms with E-state index < -0.39 is 0 Å². The molecule has 1 fully saturated rings. The van der Waals surface area contributed by atoms with Gasteiger partial charge in [0.15, 0.2) is 0 Å². The topological polar surface area (TPSA) is 24.1 Å². The van der Waals surface area contributed by atoms with Gasteiger partial charge in [0.2, 0.25) is 0 Å². The molecule has 0 unspecified atom stereocenters. The quantitative estimate of drug-likeness (QED) is 0.599. The van der Waals surface area contributed by atoms with Crippen LogP contribution in [0.5, 0.6) is 0 Å². The molecule has 1 saturated heterocycles. The molecule has 0 spiro atoms. The lowest BCUT2D eigenvalue weighted by atomic mass is 9.98. The van der Waals surface area contributed by atoms with Crippen LogP contribution in [0.2, 0.25) is 0 Å². The molecule has 2 rings (SSSR count). The van der Waals surface area contributed by atoms with E-state index in [2.05, 4.69) is 41.0 Å². The van der Waals surface area contributed by atoms with Gasteiger partial charge < -0.3 is 10.6 Å². The van der Waals surface area contributed by atoms with Gasteiger partial charge in [0, 0.05) is 17.2 Å². The van der Waals surface area contributed by atoms with Crippen molar-refractivity contribution in [3.8, 4) is 0 Å². The molecule has 2 nitrogen and oxygen atoms in total. The number of hydrogen-bond acceptors (Lipinski definition) is 3. The number of benzene rings is 1. The summed E-state index contributed by atoms with van der Waals surface area (Å²) in [7, 11) is 0. The fourth-order valence-electron chi connectivity index (χ4n) is 2.15. The molecule has 0 atom stereocenters. The first-order chi connectivity index (χ1) is 8.45. The highest BCUT2D eigenvalue weighted by molar-refractivity contribution is 7.99. The molecule has 0 radical (unpaired) electrons. The number of rotatable bonds is 6. The van der Waals surface area contributed by atoms with Crippen molar-refractivity contribution in [2.75, 3.05) is 31.9 Å². The summed E-state index contributed by atoms with van der Waals surface area (Å²) >= 11 is 1.93. The summed E-state index contributed by atoms with van der Waals surface area (Å²) in [5, 5.41) is 6.98. The van der Waals surface area contributed by atoms with Gasteiger partial charge in [-0.2, -0.15) is 0 Å². The smallest absolute Gasteiger partial charge is 0.0106 e. The van der Waals surface area contributed by atoms with Crippen LogP contribution in [0.3, 0.4) is 0 Å². The molecule has 17 heavy (non-hydrogen) atoms. The largest absolute Gasteiger partial charge is 0.317 e. The van der Waals surface area contributed by atoms with Gasteiger partial charge in [-0.15, -0.1) is 11.8 Å². The average molecular weight is 250 g/mol. The number of piperidine rings is 1. The third kappa shape index (κ3) is 5.11. The van der Waals surface area contributed by atoms with Gasteiger partial charge in [-0.3, -0.25) is 0 Å². The molecule has 1 aromatic carbocycles. The predicted molar refractivity (Wildman–Crippen MR) is 75.6 cm³/mol. The molecule has 1 heterocycles. The minimum atomic E-state index is 0.887. The lowest BCUT2D eigenvalue weighted by Gasteiger charge is -2.22. The Labute approximate surface area is 109 Å². The van der Waals surface area contributed by atoms with E-state index in [-0.39, 0.29) is 0 Å². The fraction of sp³-hybridized carbons (Fsp3) is 0.571. The van der Waals surface area contributed by atoms with Gasteiger partial charge in [-0.25, -0.2) is 0 Å². The zero-order valence-corrected chi connectivity index (χ0v) is 11.1. The maximum atomic E-state index is 3.58. The van der Waals surface area contributed by atoms with E-state index in [4.69, 9.17) is 0 Å². The standard InChI is InChI=1S/C14H22N2S/c1-2-4-14(5-3-1)17-11-10-16-12-13-6-8-15-9-7-13/h1-5,13,15-16H,6-12H2. The predicted octanol–water partition coefficient (Wildman–Crippen LogP) is 2.37. The lowest BCUT2D eigenvalue weighted by molar-refractivity contribution is 0.360. The first kappa shape index (κ1) is 12.9. The van der Waals surface area contributed by atoms with E-state index in [1.54, 1.807) is 0 Å². The van der Waals surface area contributed by atoms with Crippen LogP contribution in [0.4, 0.5) is 0 Å². The van der Waals surface area contributed by atoms with Crippen LogP contribution in [-0.2, 0) is 0 Å². The molecule has 1 aliphatic heterocycles. The summed E-state index contributed by atoms with van der Waals surface area (Å²) in [4.78, 5) is 1.37. The molecular formula is C14H22N2S. The molecule has 0 saturated carbocycles. The molecule has 1 aromatic rings. The molecule has 2 N–H and O–H groups in total. The summed E-state index contributed by atoms with van der Waals surface area (Å²) in [6.07, 6.45) is 2.66. The molecule has 0 aliphatic carbocycles. The third-order valence-electron chi connectivity index (χ3n) is 3.18. The Morgan fingerprint density at radius 1 is 1.18 bits per heavy atom. The molecule has 0 amide bonds. The monoisotopic (exact) mass is 250 g/mol. The van der Waals surface area contributed by atoms with Gasteiger partial charge in [0.25, 0.3) is 0 Å². The summed E-state index contributed by atoms with van der Waals surface area (Å²) in [6, 6.07) is 10.6. The Morgan fingerprint density at radius 2 is 1.94 bits per heavy atom. The highest BCUT2D eigenvalue weighted by atomic mass is 32.2. The fourth-order valence-corrected chi connectivity index (χ4v) is 2.98. The first-order valence-corrected chi connectivity index (χ1v) is 7.53. The van der Waals surface area contributed by atoms with Crippen LogP contribution in [0.25, 0.3) is 0 Å². The van der Waals surface area contributed by atoms with Crippen LogP contribution in [0.15, 0.2) is 35.2 Å². The zero-order chi connectivity index (χ0) is 11.8. The second-order valence-electron chi connectivity index (χ2n) is 4.56. The molecule has 1 aliphatic rings. The van der Waals surface area contributed by atoms with E-state index >= 15 is 0 Å². The Balaban J connectivity index is 1.51. The van der Waals surface area contributed by atoms with Gasteiger partial charge in [-0.05, 0) is 50.5 Å². The van der Waals surface area contributed by atoms with Gasteiger partial charge in [0.05, 0.1) is 0 Å². The zero-order valence-electron chi connectivity index (χ0n) is 10.3. The maximum Gasteiger partial charge on any atom is 0.0106 e. The molecule has 94 valence electrons. The van der Waals surface area contributed by atoms with Crippen LogP contribution >= 0.6 is 11.8 Å². The highest BCUT2D eigenvalue weighted by Crippen LogP contribution is 2.16. The van der Waals surface area contributed by atoms with E-state index in [1.165, 1.54) is 37.4 Å². The summed E-state index contributed by atoms with van der Waals surface area (Å²) < 4.78 is 0. The van der Waals surface area contributed by atoms with Crippen molar-refractivity contribution in [1.82, 2.24) is 10.6 Å². The van der Waals surface area contributed by atoms with Crippen LogP contribution < -0.4 is 10.6 Å². The number of nitrogens with one attached hydrogen (secondary N) is 2. The van der Waals surface area contributed by atoms with E-state index in [0.29, 0.717) is 0 Å². The van der Waals surface area contributed by atoms with Crippen LogP contribution in [0, 0.1) is 5.92 Å². The SMILES string of the molecule is c1ccc(SCCNCC2CCNCC2)cc1. The van der Waals surface area contributed by atoms with Crippen LogP contribution in [-0.4, -0.2) is 31.9 Å². The van der Waals surface area contributed by atoms with Gasteiger partial charge >= 0.3 is 0 Å². The van der Waals surface area contributed by atoms with Crippen molar-refractivity contribution in [2.24, 2.45) is 5.92 Å². The van der Waals surface area contributed by atoms with Crippen molar-refractivity contribution in [3.63, 3.8) is 0 Å². The van der Waals surface area contributed by atoms with Crippen molar-refractivity contribution in [1.29, 1.82) is 0 Å². The molecular weight excluding hydrogens is 228 g/mol. The minimum absolute atomic E-state index is 0.887. The Kier molecular flexibility index (Phi) is 5.89. The Morgan fingerprint density at radius 3 is 2.71 bits per heavy atom. The summed E-state index contributed by atoms with van der Waals surface area (Å²) in [5.41, 5.74) is 0. The second kappa shape index (κ2) is 7.75. The summed E-state index contributed by atoms with van der Waals surface area (Å²) in [5.74, 6) is 2.05. The minimum Gasteiger partial charge on any atom is -0.317 e. The Hall–Kier alpha value is -0.510. The lowest BCUT2D eigenvalue weighted by Crippen LogP contribution is -2.34. The maximum absolute atomic E-state index is 3.58. The Bertz CT molecular complexity index is 296. The number of thioether (sulfide) groups is 1. The van der Waals surface area contributed by atoms with Gasteiger partial charge in [0.1, 0.15) is 0 Å². The highest BCUT2D eigenvalue weighted by Gasteiger charge is 2.11. The second-order valence-corrected chi connectivity index (χ2v) is 5.73. The van der Waals surface area contributed by atoms with Crippen molar-refractivity contribution < 1.29 is 0 Å².